The highest BCUT2D eigenvalue weighted by molar-refractivity contribution is 7.89. The SMILES string of the molecule is CCC[C@H](NC(=O)[C@H](CS(=O)(=O)NCC(C)C)NC(=O)OCc1ccccc1)C(=O)c1nc2ccccc2o1. The maximum absolute atomic E-state index is 13.3. The van der Waals surface area contributed by atoms with E-state index < -0.39 is 45.6 Å². The van der Waals surface area contributed by atoms with Crippen LogP contribution in [0.4, 0.5) is 4.79 Å². The third kappa shape index (κ3) is 9.18. The van der Waals surface area contributed by atoms with Crippen LogP contribution < -0.4 is 15.4 Å². The van der Waals surface area contributed by atoms with Crippen LogP contribution in [0.15, 0.2) is 59.0 Å². The van der Waals surface area contributed by atoms with Crippen molar-refractivity contribution in [3.05, 3.63) is 66.1 Å². The van der Waals surface area contributed by atoms with Gasteiger partial charge in [-0.15, -0.1) is 0 Å². The monoisotopic (exact) mass is 558 g/mol. The van der Waals surface area contributed by atoms with Gasteiger partial charge in [-0.25, -0.2) is 22.9 Å². The first kappa shape index (κ1) is 29.8. The number of ketones is 1. The number of fused-ring (bicyclic) bond motifs is 1. The summed E-state index contributed by atoms with van der Waals surface area (Å²) in [6.07, 6.45) is -0.203. The second-order valence-electron chi connectivity index (χ2n) is 9.48. The van der Waals surface area contributed by atoms with Crippen LogP contribution in [0.3, 0.4) is 0 Å². The number of nitrogens with one attached hydrogen (secondary N) is 3. The first-order valence-electron chi connectivity index (χ1n) is 12.7. The zero-order valence-electron chi connectivity index (χ0n) is 22.2. The first-order valence-corrected chi connectivity index (χ1v) is 14.4. The molecular formula is C27H34N4O7S. The average Bonchev–Trinajstić information content (AvgIpc) is 3.35. The number of para-hydroxylation sites is 2. The lowest BCUT2D eigenvalue weighted by Gasteiger charge is -2.22. The molecule has 3 N–H and O–H groups in total. The third-order valence-corrected chi connectivity index (χ3v) is 7.01. The van der Waals surface area contributed by atoms with Crippen LogP contribution in [0.5, 0.6) is 0 Å². The Kier molecular flexibility index (Phi) is 10.6. The van der Waals surface area contributed by atoms with Gasteiger partial charge in [-0.2, -0.15) is 0 Å². The highest BCUT2D eigenvalue weighted by Crippen LogP contribution is 2.17. The van der Waals surface area contributed by atoms with Crippen LogP contribution in [0.25, 0.3) is 11.1 Å². The Bertz CT molecular complexity index is 1340. The molecule has 3 aromatic rings. The van der Waals surface area contributed by atoms with Crippen LogP contribution in [0.1, 0.15) is 49.9 Å². The summed E-state index contributed by atoms with van der Waals surface area (Å²) in [5, 5.41) is 4.91. The van der Waals surface area contributed by atoms with E-state index in [4.69, 9.17) is 9.15 Å². The normalized spacial score (nSPS) is 13.1. The molecule has 2 amide bonds. The van der Waals surface area contributed by atoms with E-state index in [0.29, 0.717) is 23.1 Å². The molecule has 0 aliphatic rings. The molecule has 0 unspecified atom stereocenters. The number of Topliss-reactive ketones (excluding diaryl/α,β-unsaturated/α-hetero) is 1. The van der Waals surface area contributed by atoms with Crippen LogP contribution in [-0.2, 0) is 26.2 Å². The topological polar surface area (TPSA) is 157 Å². The highest BCUT2D eigenvalue weighted by atomic mass is 32.2. The fraction of sp³-hybridized carbons (Fsp3) is 0.407. The number of rotatable bonds is 14. The molecule has 0 saturated carbocycles. The van der Waals surface area contributed by atoms with E-state index >= 15 is 0 Å². The Labute approximate surface area is 227 Å². The van der Waals surface area contributed by atoms with Crippen LogP contribution >= 0.6 is 0 Å². The van der Waals surface area contributed by atoms with Crippen LogP contribution in [-0.4, -0.2) is 55.6 Å². The Morgan fingerprint density at radius 1 is 0.974 bits per heavy atom. The van der Waals surface area contributed by atoms with Crippen LogP contribution in [0, 0.1) is 5.92 Å². The summed E-state index contributed by atoms with van der Waals surface area (Å²) < 4.78 is 38.6. The fourth-order valence-electron chi connectivity index (χ4n) is 3.62. The van der Waals surface area contributed by atoms with Gasteiger partial charge in [-0.3, -0.25) is 9.59 Å². The average molecular weight is 559 g/mol. The molecule has 39 heavy (non-hydrogen) atoms. The van der Waals surface area contributed by atoms with E-state index in [1.807, 2.05) is 26.8 Å². The number of ether oxygens (including phenoxy) is 1. The van der Waals surface area contributed by atoms with E-state index in [0.717, 1.165) is 0 Å². The van der Waals surface area contributed by atoms with Gasteiger partial charge in [0.25, 0.3) is 5.89 Å². The van der Waals surface area contributed by atoms with Gasteiger partial charge < -0.3 is 19.8 Å². The molecule has 12 heteroatoms. The number of nitrogens with zero attached hydrogens (tertiary/aromatic N) is 1. The minimum atomic E-state index is -3.97. The number of carbonyl (C=O) groups excluding carboxylic acids is 3. The van der Waals surface area contributed by atoms with Crippen molar-refractivity contribution < 1.29 is 32.0 Å². The van der Waals surface area contributed by atoms with E-state index in [1.54, 1.807) is 48.5 Å². The summed E-state index contributed by atoms with van der Waals surface area (Å²) in [6.45, 7) is 5.57. The molecule has 2 atom stereocenters. The van der Waals surface area contributed by atoms with Gasteiger partial charge in [0.05, 0.1) is 11.8 Å². The minimum Gasteiger partial charge on any atom is -0.445 e. The molecule has 0 saturated heterocycles. The predicted octanol–water partition coefficient (Wildman–Crippen LogP) is 3.17. The molecule has 1 heterocycles. The standard InChI is InChI=1S/C27H34N4O7S/c1-4-10-21(24(32)26-30-20-13-8-9-14-23(20)38-26)29-25(33)22(17-39(35,36)28-15-18(2)3)31-27(34)37-16-19-11-6-5-7-12-19/h5-9,11-14,18,21-22,28H,4,10,15-17H2,1-3H3,(H,29,33)(H,31,34)/t21-,22-/m0/s1. The Morgan fingerprint density at radius 3 is 2.33 bits per heavy atom. The van der Waals surface area contributed by atoms with Gasteiger partial charge in [0, 0.05) is 6.54 Å². The summed E-state index contributed by atoms with van der Waals surface area (Å²) in [6, 6.07) is 13.2. The Morgan fingerprint density at radius 2 is 1.67 bits per heavy atom. The predicted molar refractivity (Wildman–Crippen MR) is 145 cm³/mol. The van der Waals surface area contributed by atoms with Crippen molar-refractivity contribution in [1.82, 2.24) is 20.3 Å². The summed E-state index contributed by atoms with van der Waals surface area (Å²) in [5.41, 5.74) is 1.63. The second kappa shape index (κ2) is 13.9. The van der Waals surface area contributed by atoms with Gasteiger partial charge in [0.1, 0.15) is 18.2 Å². The smallest absolute Gasteiger partial charge is 0.408 e. The lowest BCUT2D eigenvalue weighted by Crippen LogP contribution is -2.55. The largest absolute Gasteiger partial charge is 0.445 e. The van der Waals surface area contributed by atoms with Crippen molar-refractivity contribution >= 4 is 38.9 Å². The van der Waals surface area contributed by atoms with E-state index in [-0.39, 0.29) is 31.4 Å². The number of amides is 2. The number of hydrogen-bond donors (Lipinski definition) is 3. The van der Waals surface area contributed by atoms with E-state index in [1.165, 1.54) is 0 Å². The molecule has 0 aliphatic heterocycles. The summed E-state index contributed by atoms with van der Waals surface area (Å²) in [7, 11) is -3.97. The number of oxazole rings is 1. The van der Waals surface area contributed by atoms with Gasteiger partial charge >= 0.3 is 6.09 Å². The lowest BCUT2D eigenvalue weighted by molar-refractivity contribution is -0.123. The van der Waals surface area contributed by atoms with Gasteiger partial charge in [0.2, 0.25) is 21.7 Å². The first-order chi connectivity index (χ1) is 18.6. The molecule has 0 fully saturated rings. The minimum absolute atomic E-state index is 0.0266. The molecule has 0 aliphatic carbocycles. The van der Waals surface area contributed by atoms with Crippen molar-refractivity contribution in [2.45, 2.75) is 52.3 Å². The quantitative estimate of drug-likeness (QED) is 0.255. The zero-order chi connectivity index (χ0) is 28.4. The molecule has 0 bridgehead atoms. The van der Waals surface area contributed by atoms with Crippen molar-refractivity contribution in [1.29, 1.82) is 0 Å². The summed E-state index contributed by atoms with van der Waals surface area (Å²) in [4.78, 5) is 43.2. The molecule has 0 radical (unpaired) electrons. The Balaban J connectivity index is 1.76. The maximum atomic E-state index is 13.3. The number of hydrogen-bond acceptors (Lipinski definition) is 8. The van der Waals surface area contributed by atoms with Crippen molar-refractivity contribution in [2.24, 2.45) is 5.92 Å². The third-order valence-electron chi connectivity index (χ3n) is 5.63. The number of alkyl carbamates (subject to hydrolysis) is 1. The lowest BCUT2D eigenvalue weighted by atomic mass is 10.1. The van der Waals surface area contributed by atoms with Gasteiger partial charge in [-0.05, 0) is 30.0 Å². The van der Waals surface area contributed by atoms with Crippen LogP contribution in [0.2, 0.25) is 0 Å². The summed E-state index contributed by atoms with van der Waals surface area (Å²) >= 11 is 0. The molecule has 3 rings (SSSR count). The number of benzene rings is 2. The van der Waals surface area contributed by atoms with Crippen molar-refractivity contribution in [3.8, 4) is 0 Å². The number of carbonyl (C=O) groups is 3. The molecule has 11 nitrogen and oxygen atoms in total. The fourth-order valence-corrected chi connectivity index (χ4v) is 5.00. The van der Waals surface area contributed by atoms with Crippen molar-refractivity contribution in [3.63, 3.8) is 0 Å². The molecule has 210 valence electrons. The number of sulfonamides is 1. The molecular weight excluding hydrogens is 524 g/mol. The van der Waals surface area contributed by atoms with Gasteiger partial charge in [0.15, 0.2) is 5.58 Å². The summed E-state index contributed by atoms with van der Waals surface area (Å²) in [5.74, 6) is -2.31. The van der Waals surface area contributed by atoms with Gasteiger partial charge in [-0.1, -0.05) is 69.7 Å². The zero-order valence-corrected chi connectivity index (χ0v) is 23.0. The Hall–Kier alpha value is -3.77. The highest BCUT2D eigenvalue weighted by Gasteiger charge is 2.32. The molecule has 1 aromatic heterocycles. The number of aromatic nitrogens is 1. The van der Waals surface area contributed by atoms with E-state index in [2.05, 4.69) is 20.3 Å². The van der Waals surface area contributed by atoms with Crippen molar-refractivity contribution in [2.75, 3.05) is 12.3 Å². The molecule has 2 aromatic carbocycles. The maximum Gasteiger partial charge on any atom is 0.408 e. The second-order valence-corrected chi connectivity index (χ2v) is 11.3. The van der Waals surface area contributed by atoms with E-state index in [9.17, 15) is 22.8 Å². The molecule has 0 spiro atoms.